The summed E-state index contributed by atoms with van der Waals surface area (Å²) >= 11 is 0. The SMILES string of the molecule is CC(C)c1nccn1CC(O)C1CCOC1. The van der Waals surface area contributed by atoms with Crippen molar-refractivity contribution in [1.82, 2.24) is 9.55 Å². The van der Waals surface area contributed by atoms with Crippen LogP contribution in [0.4, 0.5) is 0 Å². The van der Waals surface area contributed by atoms with E-state index in [2.05, 4.69) is 18.8 Å². The summed E-state index contributed by atoms with van der Waals surface area (Å²) in [6.45, 7) is 6.32. The lowest BCUT2D eigenvalue weighted by molar-refractivity contribution is 0.0769. The van der Waals surface area contributed by atoms with E-state index in [-0.39, 0.29) is 12.0 Å². The number of ether oxygens (including phenoxy) is 1. The van der Waals surface area contributed by atoms with Crippen LogP contribution < -0.4 is 0 Å². The molecule has 0 saturated carbocycles. The lowest BCUT2D eigenvalue weighted by atomic mass is 10.0. The molecule has 16 heavy (non-hydrogen) atoms. The largest absolute Gasteiger partial charge is 0.391 e. The molecule has 1 aromatic rings. The van der Waals surface area contributed by atoms with Crippen molar-refractivity contribution >= 4 is 0 Å². The Hall–Kier alpha value is -0.870. The molecule has 2 atom stereocenters. The van der Waals surface area contributed by atoms with E-state index >= 15 is 0 Å². The van der Waals surface area contributed by atoms with Crippen molar-refractivity contribution in [1.29, 1.82) is 0 Å². The van der Waals surface area contributed by atoms with Crippen molar-refractivity contribution in [3.63, 3.8) is 0 Å². The van der Waals surface area contributed by atoms with E-state index in [0.717, 1.165) is 18.9 Å². The molecule has 90 valence electrons. The molecule has 1 aromatic heterocycles. The van der Waals surface area contributed by atoms with Crippen LogP contribution in [0, 0.1) is 5.92 Å². The average Bonchev–Trinajstić information content (AvgIpc) is 2.86. The average molecular weight is 224 g/mol. The van der Waals surface area contributed by atoms with Crippen LogP contribution in [0.15, 0.2) is 12.4 Å². The minimum Gasteiger partial charge on any atom is -0.391 e. The highest BCUT2D eigenvalue weighted by atomic mass is 16.5. The molecule has 1 aliphatic heterocycles. The normalized spacial score (nSPS) is 22.9. The first kappa shape index (κ1) is 11.6. The van der Waals surface area contributed by atoms with E-state index in [1.807, 2.05) is 10.8 Å². The Kier molecular flexibility index (Phi) is 3.61. The fraction of sp³-hybridized carbons (Fsp3) is 0.750. The lowest BCUT2D eigenvalue weighted by Crippen LogP contribution is -2.26. The summed E-state index contributed by atoms with van der Waals surface area (Å²) in [4.78, 5) is 4.32. The van der Waals surface area contributed by atoms with Crippen LogP contribution in [0.2, 0.25) is 0 Å². The van der Waals surface area contributed by atoms with E-state index in [1.165, 1.54) is 0 Å². The molecule has 4 heteroatoms. The van der Waals surface area contributed by atoms with Crippen molar-refractivity contribution in [2.45, 2.75) is 38.8 Å². The van der Waals surface area contributed by atoms with Gasteiger partial charge in [0.15, 0.2) is 0 Å². The van der Waals surface area contributed by atoms with Crippen molar-refractivity contribution in [2.24, 2.45) is 5.92 Å². The molecule has 4 nitrogen and oxygen atoms in total. The standard InChI is InChI=1S/C12H20N2O2/c1-9(2)12-13-4-5-14(12)7-11(15)10-3-6-16-8-10/h4-5,9-11,15H,3,6-8H2,1-2H3. The minimum atomic E-state index is -0.325. The zero-order valence-electron chi connectivity index (χ0n) is 9.97. The molecule has 2 unspecified atom stereocenters. The molecule has 0 aromatic carbocycles. The molecular weight excluding hydrogens is 204 g/mol. The Labute approximate surface area is 96.3 Å². The highest BCUT2D eigenvalue weighted by Gasteiger charge is 2.24. The lowest BCUT2D eigenvalue weighted by Gasteiger charge is -2.19. The Morgan fingerprint density at radius 3 is 3.06 bits per heavy atom. The number of rotatable bonds is 4. The van der Waals surface area contributed by atoms with Crippen molar-refractivity contribution in [2.75, 3.05) is 13.2 Å². The second-order valence-electron chi connectivity index (χ2n) is 4.78. The van der Waals surface area contributed by atoms with Crippen LogP contribution in [-0.4, -0.2) is 34.0 Å². The second-order valence-corrected chi connectivity index (χ2v) is 4.78. The summed E-state index contributed by atoms with van der Waals surface area (Å²) in [5.74, 6) is 1.71. The maximum atomic E-state index is 10.1. The summed E-state index contributed by atoms with van der Waals surface area (Å²) in [5.41, 5.74) is 0. The quantitative estimate of drug-likeness (QED) is 0.841. The molecule has 1 fully saturated rings. The fourth-order valence-electron chi connectivity index (χ4n) is 2.18. The van der Waals surface area contributed by atoms with Crippen LogP contribution in [0.5, 0.6) is 0 Å². The van der Waals surface area contributed by atoms with E-state index < -0.39 is 0 Å². The van der Waals surface area contributed by atoms with Gasteiger partial charge in [-0.25, -0.2) is 4.98 Å². The molecule has 0 aliphatic carbocycles. The number of nitrogens with zero attached hydrogens (tertiary/aromatic N) is 2. The smallest absolute Gasteiger partial charge is 0.111 e. The van der Waals surface area contributed by atoms with Crippen molar-refractivity contribution in [3.8, 4) is 0 Å². The van der Waals surface area contributed by atoms with Crippen LogP contribution in [0.1, 0.15) is 32.0 Å². The Morgan fingerprint density at radius 1 is 1.62 bits per heavy atom. The molecular formula is C12H20N2O2. The Bertz CT molecular complexity index is 330. The third kappa shape index (κ3) is 2.44. The third-order valence-corrected chi connectivity index (χ3v) is 3.16. The van der Waals surface area contributed by atoms with Gasteiger partial charge < -0.3 is 14.4 Å². The molecule has 0 bridgehead atoms. The minimum absolute atomic E-state index is 0.280. The third-order valence-electron chi connectivity index (χ3n) is 3.16. The molecule has 2 rings (SSSR count). The summed E-state index contributed by atoms with van der Waals surface area (Å²) in [7, 11) is 0. The van der Waals surface area contributed by atoms with E-state index in [0.29, 0.717) is 19.1 Å². The van der Waals surface area contributed by atoms with Gasteiger partial charge in [0.2, 0.25) is 0 Å². The van der Waals surface area contributed by atoms with Gasteiger partial charge in [0.25, 0.3) is 0 Å². The number of imidazole rings is 1. The van der Waals surface area contributed by atoms with Gasteiger partial charge in [-0.3, -0.25) is 0 Å². The van der Waals surface area contributed by atoms with Crippen LogP contribution in [0.25, 0.3) is 0 Å². The van der Waals surface area contributed by atoms with Crippen molar-refractivity contribution < 1.29 is 9.84 Å². The van der Waals surface area contributed by atoms with Gasteiger partial charge in [-0.2, -0.15) is 0 Å². The zero-order chi connectivity index (χ0) is 11.5. The molecule has 2 heterocycles. The number of aromatic nitrogens is 2. The number of hydrogen-bond acceptors (Lipinski definition) is 3. The van der Waals surface area contributed by atoms with E-state index in [9.17, 15) is 5.11 Å². The second kappa shape index (κ2) is 4.97. The highest BCUT2D eigenvalue weighted by Crippen LogP contribution is 2.19. The van der Waals surface area contributed by atoms with Gasteiger partial charge in [0.05, 0.1) is 19.3 Å². The summed E-state index contributed by atoms with van der Waals surface area (Å²) in [6, 6.07) is 0. The molecule has 0 radical (unpaired) electrons. The van der Waals surface area contributed by atoms with Gasteiger partial charge in [-0.1, -0.05) is 13.8 Å². The first-order chi connectivity index (χ1) is 7.68. The maximum absolute atomic E-state index is 10.1. The van der Waals surface area contributed by atoms with Gasteiger partial charge in [-0.05, 0) is 6.42 Å². The highest BCUT2D eigenvalue weighted by molar-refractivity contribution is 4.98. The van der Waals surface area contributed by atoms with Crippen LogP contribution in [-0.2, 0) is 11.3 Å². The summed E-state index contributed by atoms with van der Waals surface area (Å²) < 4.78 is 7.34. The molecule has 0 spiro atoms. The number of aliphatic hydroxyl groups excluding tert-OH is 1. The predicted octanol–water partition coefficient (Wildman–Crippen LogP) is 1.40. The number of aliphatic hydroxyl groups is 1. The van der Waals surface area contributed by atoms with Gasteiger partial charge in [0, 0.05) is 30.8 Å². The Morgan fingerprint density at radius 2 is 2.44 bits per heavy atom. The van der Waals surface area contributed by atoms with Crippen molar-refractivity contribution in [3.05, 3.63) is 18.2 Å². The van der Waals surface area contributed by atoms with Gasteiger partial charge in [-0.15, -0.1) is 0 Å². The summed E-state index contributed by atoms with van der Waals surface area (Å²) in [6.07, 6.45) is 4.38. The molecule has 1 aliphatic rings. The summed E-state index contributed by atoms with van der Waals surface area (Å²) in [5, 5.41) is 10.1. The predicted molar refractivity (Wildman–Crippen MR) is 61.2 cm³/mol. The van der Waals surface area contributed by atoms with E-state index in [1.54, 1.807) is 6.20 Å². The van der Waals surface area contributed by atoms with Crippen LogP contribution in [0.3, 0.4) is 0 Å². The Balaban J connectivity index is 1.99. The fourth-order valence-corrected chi connectivity index (χ4v) is 2.18. The monoisotopic (exact) mass is 224 g/mol. The van der Waals surface area contributed by atoms with Gasteiger partial charge >= 0.3 is 0 Å². The zero-order valence-corrected chi connectivity index (χ0v) is 9.97. The maximum Gasteiger partial charge on any atom is 0.111 e. The van der Waals surface area contributed by atoms with Crippen LogP contribution >= 0.6 is 0 Å². The molecule has 1 saturated heterocycles. The first-order valence-electron chi connectivity index (χ1n) is 5.95. The van der Waals surface area contributed by atoms with E-state index in [4.69, 9.17) is 4.74 Å². The molecule has 0 amide bonds. The number of hydrogen-bond donors (Lipinski definition) is 1. The van der Waals surface area contributed by atoms with Gasteiger partial charge in [0.1, 0.15) is 5.82 Å². The topological polar surface area (TPSA) is 47.3 Å². The first-order valence-corrected chi connectivity index (χ1v) is 5.95. The molecule has 1 N–H and O–H groups in total.